The highest BCUT2D eigenvalue weighted by molar-refractivity contribution is 7.99. The fourth-order valence-electron chi connectivity index (χ4n) is 5.77. The zero-order valence-electron chi connectivity index (χ0n) is 21.5. The first-order chi connectivity index (χ1) is 17.9. The van der Waals surface area contributed by atoms with Crippen LogP contribution in [-0.4, -0.2) is 28.3 Å². The first-order valence-corrected chi connectivity index (χ1v) is 13.8. The summed E-state index contributed by atoms with van der Waals surface area (Å²) >= 11 is 1.29. The molecule has 1 aromatic heterocycles. The van der Waals surface area contributed by atoms with Crippen LogP contribution in [0.15, 0.2) is 70.6 Å². The van der Waals surface area contributed by atoms with Gasteiger partial charge in [-0.1, -0.05) is 73.5 Å². The number of aromatic nitrogens is 2. The van der Waals surface area contributed by atoms with Crippen LogP contribution >= 0.6 is 11.8 Å². The monoisotopic (exact) mass is 515 g/mol. The SMILES string of the molecule is C=C(C)Cn1c(SCC(=O)Nc2cccc(OC)c2)nc2c(c1=O)C1(CCCCC1)Cc1ccccc1-2. The lowest BCUT2D eigenvalue weighted by atomic mass is 9.62. The number of methoxy groups -OCH3 is 1. The van der Waals surface area contributed by atoms with Gasteiger partial charge >= 0.3 is 0 Å². The fourth-order valence-corrected chi connectivity index (χ4v) is 6.56. The minimum absolute atomic E-state index is 0.0140. The van der Waals surface area contributed by atoms with Crippen molar-refractivity contribution in [1.29, 1.82) is 0 Å². The molecule has 3 aromatic rings. The number of carbonyl (C=O) groups is 1. The van der Waals surface area contributed by atoms with Crippen molar-refractivity contribution in [2.75, 3.05) is 18.2 Å². The number of thioether (sulfide) groups is 1. The Balaban J connectivity index is 1.53. The Hall–Kier alpha value is -3.32. The number of hydrogen-bond donors (Lipinski definition) is 1. The lowest BCUT2D eigenvalue weighted by Crippen LogP contribution is -2.43. The van der Waals surface area contributed by atoms with Crippen LogP contribution in [0, 0.1) is 0 Å². The summed E-state index contributed by atoms with van der Waals surface area (Å²) in [4.78, 5) is 32.2. The summed E-state index contributed by atoms with van der Waals surface area (Å²) in [5.41, 5.74) is 5.33. The van der Waals surface area contributed by atoms with Gasteiger partial charge in [-0.2, -0.15) is 0 Å². The molecule has 2 aliphatic rings. The zero-order valence-corrected chi connectivity index (χ0v) is 22.3. The molecule has 2 aromatic carbocycles. The number of allylic oxidation sites excluding steroid dienone is 1. The van der Waals surface area contributed by atoms with Crippen LogP contribution in [0.3, 0.4) is 0 Å². The molecule has 0 aliphatic heterocycles. The Morgan fingerprint density at radius 1 is 1.16 bits per heavy atom. The van der Waals surface area contributed by atoms with Gasteiger partial charge in [0, 0.05) is 29.3 Å². The van der Waals surface area contributed by atoms with Crippen LogP contribution in [0.1, 0.15) is 50.2 Å². The number of nitrogens with zero attached hydrogens (tertiary/aromatic N) is 2. The molecule has 37 heavy (non-hydrogen) atoms. The number of amides is 1. The van der Waals surface area contributed by atoms with E-state index in [4.69, 9.17) is 9.72 Å². The van der Waals surface area contributed by atoms with E-state index in [1.165, 1.54) is 23.7 Å². The molecule has 0 unspecified atom stereocenters. The summed E-state index contributed by atoms with van der Waals surface area (Å²) in [5.74, 6) is 0.634. The van der Waals surface area contributed by atoms with Crippen molar-refractivity contribution in [3.8, 4) is 17.0 Å². The van der Waals surface area contributed by atoms with Crippen molar-refractivity contribution in [3.05, 3.63) is 82.2 Å². The minimum Gasteiger partial charge on any atom is -0.497 e. The van der Waals surface area contributed by atoms with Gasteiger partial charge in [-0.05, 0) is 43.9 Å². The summed E-state index contributed by atoms with van der Waals surface area (Å²) in [6, 6.07) is 15.6. The highest BCUT2D eigenvalue weighted by Crippen LogP contribution is 2.48. The Morgan fingerprint density at radius 2 is 1.95 bits per heavy atom. The topological polar surface area (TPSA) is 73.2 Å². The van der Waals surface area contributed by atoms with Crippen molar-refractivity contribution in [2.24, 2.45) is 0 Å². The Labute approximate surface area is 222 Å². The fraction of sp³-hybridized carbons (Fsp3) is 0.367. The summed E-state index contributed by atoms with van der Waals surface area (Å²) in [7, 11) is 1.59. The van der Waals surface area contributed by atoms with Crippen LogP contribution in [-0.2, 0) is 23.2 Å². The van der Waals surface area contributed by atoms with Crippen molar-refractivity contribution in [3.63, 3.8) is 0 Å². The second kappa shape index (κ2) is 10.6. The summed E-state index contributed by atoms with van der Waals surface area (Å²) in [5, 5.41) is 3.46. The third-order valence-electron chi connectivity index (χ3n) is 7.39. The van der Waals surface area contributed by atoms with Crippen molar-refractivity contribution in [1.82, 2.24) is 9.55 Å². The summed E-state index contributed by atoms with van der Waals surface area (Å²) in [6.07, 6.45) is 6.37. The van der Waals surface area contributed by atoms with E-state index in [0.717, 1.165) is 54.5 Å². The lowest BCUT2D eigenvalue weighted by Gasteiger charge is -2.42. The normalized spacial score (nSPS) is 15.5. The molecular weight excluding hydrogens is 482 g/mol. The van der Waals surface area contributed by atoms with E-state index in [0.29, 0.717) is 23.1 Å². The molecule has 0 saturated heterocycles. The van der Waals surface area contributed by atoms with Gasteiger partial charge in [-0.25, -0.2) is 4.98 Å². The van der Waals surface area contributed by atoms with Crippen molar-refractivity contribution in [2.45, 2.75) is 62.6 Å². The third-order valence-corrected chi connectivity index (χ3v) is 8.37. The number of carbonyl (C=O) groups excluding carboxylic acids is 1. The molecule has 1 fully saturated rings. The maximum Gasteiger partial charge on any atom is 0.258 e. The number of nitrogens with one attached hydrogen (secondary N) is 1. The molecular formula is C30H33N3O3S. The van der Waals surface area contributed by atoms with E-state index in [9.17, 15) is 9.59 Å². The molecule has 0 atom stereocenters. The molecule has 1 saturated carbocycles. The summed E-state index contributed by atoms with van der Waals surface area (Å²) < 4.78 is 6.98. The van der Waals surface area contributed by atoms with Gasteiger partial charge in [-0.3, -0.25) is 14.2 Å². The average molecular weight is 516 g/mol. The summed E-state index contributed by atoms with van der Waals surface area (Å²) in [6.45, 7) is 6.37. The van der Waals surface area contributed by atoms with Crippen LogP contribution in [0.4, 0.5) is 5.69 Å². The molecule has 1 amide bonds. The quantitative estimate of drug-likeness (QED) is 0.238. The smallest absolute Gasteiger partial charge is 0.258 e. The van der Waals surface area contributed by atoms with Gasteiger partial charge < -0.3 is 10.1 Å². The van der Waals surface area contributed by atoms with Crippen LogP contribution in [0.5, 0.6) is 5.75 Å². The van der Waals surface area contributed by atoms with Crippen LogP contribution in [0.2, 0.25) is 0 Å². The van der Waals surface area contributed by atoms with E-state index < -0.39 is 0 Å². The lowest BCUT2D eigenvalue weighted by molar-refractivity contribution is -0.113. The zero-order chi connectivity index (χ0) is 26.0. The second-order valence-electron chi connectivity index (χ2n) is 10.2. The Kier molecular flexibility index (Phi) is 7.24. The molecule has 1 N–H and O–H groups in total. The van der Waals surface area contributed by atoms with Gasteiger partial charge in [0.25, 0.3) is 5.56 Å². The van der Waals surface area contributed by atoms with E-state index in [-0.39, 0.29) is 22.6 Å². The maximum atomic E-state index is 14.2. The maximum absolute atomic E-state index is 14.2. The molecule has 7 heteroatoms. The molecule has 1 heterocycles. The first-order valence-electron chi connectivity index (χ1n) is 12.8. The van der Waals surface area contributed by atoms with Gasteiger partial charge in [-0.15, -0.1) is 0 Å². The number of benzene rings is 2. The van der Waals surface area contributed by atoms with Gasteiger partial charge in [0.1, 0.15) is 5.75 Å². The average Bonchev–Trinajstić information content (AvgIpc) is 2.89. The van der Waals surface area contributed by atoms with E-state index >= 15 is 0 Å². The van der Waals surface area contributed by atoms with E-state index in [2.05, 4.69) is 30.1 Å². The molecule has 5 rings (SSSR count). The number of anilines is 1. The number of ether oxygens (including phenoxy) is 1. The van der Waals surface area contributed by atoms with Gasteiger partial charge in [0.05, 0.1) is 24.1 Å². The van der Waals surface area contributed by atoms with E-state index in [1.807, 2.05) is 31.2 Å². The van der Waals surface area contributed by atoms with Gasteiger partial charge in [0.2, 0.25) is 5.91 Å². The largest absolute Gasteiger partial charge is 0.497 e. The Bertz CT molecular complexity index is 1410. The van der Waals surface area contributed by atoms with E-state index in [1.54, 1.807) is 17.7 Å². The third kappa shape index (κ3) is 5.10. The molecule has 0 bridgehead atoms. The van der Waals surface area contributed by atoms with Crippen molar-refractivity contribution < 1.29 is 9.53 Å². The molecule has 0 radical (unpaired) electrons. The highest BCUT2D eigenvalue weighted by atomic mass is 32.2. The molecule has 192 valence electrons. The number of rotatable bonds is 7. The predicted molar refractivity (Wildman–Crippen MR) is 150 cm³/mol. The minimum atomic E-state index is -0.171. The number of fused-ring (bicyclic) bond motifs is 4. The van der Waals surface area contributed by atoms with Crippen molar-refractivity contribution >= 4 is 23.4 Å². The standard InChI is InChI=1S/C30H33N3O3S/c1-20(2)18-33-28(35)26-27(24-13-6-5-10-21(24)17-30(26)14-7-4-8-15-30)32-29(33)37-19-25(34)31-22-11-9-12-23(16-22)36-3/h5-6,9-13,16H,1,4,7-8,14-15,17-19H2,2-3H3,(H,31,34). The number of hydrogen-bond acceptors (Lipinski definition) is 5. The van der Waals surface area contributed by atoms with Gasteiger partial charge in [0.15, 0.2) is 5.16 Å². The first kappa shape index (κ1) is 25.3. The molecule has 2 aliphatic carbocycles. The molecule has 6 nitrogen and oxygen atoms in total. The predicted octanol–water partition coefficient (Wildman–Crippen LogP) is 5.98. The second-order valence-corrected chi connectivity index (χ2v) is 11.2. The highest BCUT2D eigenvalue weighted by Gasteiger charge is 2.43. The van der Waals surface area contributed by atoms with Crippen LogP contribution < -0.4 is 15.6 Å². The Morgan fingerprint density at radius 3 is 2.70 bits per heavy atom. The van der Waals surface area contributed by atoms with Crippen LogP contribution in [0.25, 0.3) is 11.3 Å². The molecule has 1 spiro atoms.